The van der Waals surface area contributed by atoms with Crippen LogP contribution in [0, 0.1) is 0 Å². The fourth-order valence-electron chi connectivity index (χ4n) is 1.60. The number of aryl methyl sites for hydroxylation is 1. The molecule has 0 radical (unpaired) electrons. The Hall–Kier alpha value is -1.71. The number of aliphatic hydroxyl groups is 1. The van der Waals surface area contributed by atoms with Gasteiger partial charge in [0.25, 0.3) is 10.0 Å². The Morgan fingerprint density at radius 2 is 2.32 bits per heavy atom. The van der Waals surface area contributed by atoms with Gasteiger partial charge < -0.3 is 9.67 Å². The van der Waals surface area contributed by atoms with Crippen LogP contribution in [0.1, 0.15) is 12.0 Å². The van der Waals surface area contributed by atoms with Crippen LogP contribution < -0.4 is 4.72 Å². The molecule has 0 aliphatic carbocycles. The molecule has 0 aliphatic rings. The van der Waals surface area contributed by atoms with E-state index in [4.69, 9.17) is 5.11 Å². The summed E-state index contributed by atoms with van der Waals surface area (Å²) in [4.78, 5) is 3.90. The normalized spacial score (nSPS) is 11.8. The van der Waals surface area contributed by atoms with E-state index in [-0.39, 0.29) is 17.2 Å². The van der Waals surface area contributed by atoms with Gasteiger partial charge in [-0.25, -0.2) is 18.1 Å². The third-order valence-corrected chi connectivity index (χ3v) is 4.04. The van der Waals surface area contributed by atoms with Gasteiger partial charge in [-0.3, -0.25) is 5.10 Å². The molecule has 8 nitrogen and oxygen atoms in total. The Morgan fingerprint density at radius 3 is 3.00 bits per heavy atom. The van der Waals surface area contributed by atoms with Crippen molar-refractivity contribution in [1.82, 2.24) is 24.5 Å². The first kappa shape index (κ1) is 13.7. The summed E-state index contributed by atoms with van der Waals surface area (Å²) in [5.74, 6) is 0. The van der Waals surface area contributed by atoms with Crippen LogP contribution in [0.2, 0.25) is 0 Å². The molecule has 2 heterocycles. The van der Waals surface area contributed by atoms with Crippen LogP contribution in [0.15, 0.2) is 29.9 Å². The number of nitrogens with one attached hydrogen (secondary N) is 2. The summed E-state index contributed by atoms with van der Waals surface area (Å²) in [5, 5.41) is 14.9. The lowest BCUT2D eigenvalue weighted by molar-refractivity contribution is 0.278. The quantitative estimate of drug-likeness (QED) is 0.592. The van der Waals surface area contributed by atoms with Crippen molar-refractivity contribution in [1.29, 1.82) is 0 Å². The minimum absolute atomic E-state index is 0.0855. The summed E-state index contributed by atoms with van der Waals surface area (Å²) in [5.41, 5.74) is 0.252. The van der Waals surface area contributed by atoms with Crippen LogP contribution in [0.4, 0.5) is 0 Å². The van der Waals surface area contributed by atoms with Gasteiger partial charge in [-0.2, -0.15) is 5.10 Å². The maximum Gasteiger partial charge on any atom is 0.257 e. The van der Waals surface area contributed by atoms with Gasteiger partial charge in [0.1, 0.15) is 0 Å². The maximum atomic E-state index is 11.9. The number of H-pyrrole nitrogens is 1. The number of aliphatic hydroxyl groups excluding tert-OH is 1. The molecule has 0 saturated carbocycles. The second kappa shape index (κ2) is 5.95. The van der Waals surface area contributed by atoms with Crippen molar-refractivity contribution in [2.45, 2.75) is 24.6 Å². The first-order valence-corrected chi connectivity index (χ1v) is 7.20. The van der Waals surface area contributed by atoms with E-state index in [0.717, 1.165) is 0 Å². The molecule has 9 heteroatoms. The lowest BCUT2D eigenvalue weighted by Gasteiger charge is -2.06. The third-order valence-electron chi connectivity index (χ3n) is 2.56. The Bertz CT molecular complexity index is 605. The van der Waals surface area contributed by atoms with E-state index in [0.29, 0.717) is 19.5 Å². The zero-order chi connectivity index (χ0) is 13.7. The van der Waals surface area contributed by atoms with Crippen molar-refractivity contribution >= 4 is 10.0 Å². The van der Waals surface area contributed by atoms with Gasteiger partial charge >= 0.3 is 0 Å². The predicted molar refractivity (Wildman–Crippen MR) is 66.5 cm³/mol. The highest BCUT2D eigenvalue weighted by atomic mass is 32.2. The molecule has 2 rings (SSSR count). The molecule has 2 aromatic heterocycles. The second-order valence-electron chi connectivity index (χ2n) is 3.93. The SMILES string of the molecule is O=S(=O)(NCCCn1ccnc1)c1[nH]ncc1CO. The Kier molecular flexibility index (Phi) is 4.30. The van der Waals surface area contributed by atoms with Gasteiger partial charge in [-0.15, -0.1) is 0 Å². The van der Waals surface area contributed by atoms with Crippen molar-refractivity contribution < 1.29 is 13.5 Å². The molecule has 0 bridgehead atoms. The first-order chi connectivity index (χ1) is 9.13. The molecule has 0 amide bonds. The van der Waals surface area contributed by atoms with E-state index >= 15 is 0 Å². The summed E-state index contributed by atoms with van der Waals surface area (Å²) in [6, 6.07) is 0. The van der Waals surface area contributed by atoms with Crippen LogP contribution in [-0.4, -0.2) is 39.8 Å². The summed E-state index contributed by atoms with van der Waals surface area (Å²) in [6.07, 6.45) is 7.08. The Balaban J connectivity index is 1.88. The van der Waals surface area contributed by atoms with Gasteiger partial charge in [-0.05, 0) is 6.42 Å². The molecule has 3 N–H and O–H groups in total. The first-order valence-electron chi connectivity index (χ1n) is 5.72. The van der Waals surface area contributed by atoms with Crippen molar-refractivity contribution in [3.05, 3.63) is 30.5 Å². The molecule has 2 aromatic rings. The standard InChI is InChI=1S/C10H15N5O3S/c16-7-9-6-12-14-10(9)19(17,18)13-2-1-4-15-5-3-11-8-15/h3,5-6,8,13,16H,1-2,4,7H2,(H,12,14). The summed E-state index contributed by atoms with van der Waals surface area (Å²) >= 11 is 0. The number of sulfonamides is 1. The lowest BCUT2D eigenvalue weighted by Crippen LogP contribution is -2.26. The number of rotatable bonds is 7. The van der Waals surface area contributed by atoms with E-state index in [2.05, 4.69) is 19.9 Å². The topological polar surface area (TPSA) is 113 Å². The number of imidazole rings is 1. The maximum absolute atomic E-state index is 11.9. The van der Waals surface area contributed by atoms with Gasteiger partial charge in [0.2, 0.25) is 0 Å². The zero-order valence-corrected chi connectivity index (χ0v) is 11.0. The number of aromatic nitrogens is 4. The minimum atomic E-state index is -3.65. The zero-order valence-electron chi connectivity index (χ0n) is 10.2. The molecular weight excluding hydrogens is 270 g/mol. The number of aromatic amines is 1. The van der Waals surface area contributed by atoms with Crippen molar-refractivity contribution in [2.75, 3.05) is 6.54 Å². The van der Waals surface area contributed by atoms with E-state index in [1.54, 1.807) is 12.5 Å². The van der Waals surface area contributed by atoms with E-state index < -0.39 is 10.0 Å². The van der Waals surface area contributed by atoms with Crippen LogP contribution in [0.3, 0.4) is 0 Å². The highest BCUT2D eigenvalue weighted by molar-refractivity contribution is 7.89. The molecule has 0 fully saturated rings. The average molecular weight is 285 g/mol. The largest absolute Gasteiger partial charge is 0.392 e. The summed E-state index contributed by atoms with van der Waals surface area (Å²) in [7, 11) is -3.65. The smallest absolute Gasteiger partial charge is 0.257 e. The second-order valence-corrected chi connectivity index (χ2v) is 5.64. The highest BCUT2D eigenvalue weighted by Gasteiger charge is 2.19. The molecule has 0 aromatic carbocycles. The predicted octanol–water partition coefficient (Wildman–Crippen LogP) is -0.533. The van der Waals surface area contributed by atoms with Gasteiger partial charge in [-0.1, -0.05) is 0 Å². The molecule has 19 heavy (non-hydrogen) atoms. The third kappa shape index (κ3) is 3.40. The lowest BCUT2D eigenvalue weighted by atomic mass is 10.4. The summed E-state index contributed by atoms with van der Waals surface area (Å²) in [6.45, 7) is 0.602. The van der Waals surface area contributed by atoms with Gasteiger partial charge in [0, 0.05) is 31.0 Å². The van der Waals surface area contributed by atoms with Crippen LogP contribution in [0.5, 0.6) is 0 Å². The molecule has 0 saturated heterocycles. The molecule has 104 valence electrons. The van der Waals surface area contributed by atoms with Crippen LogP contribution >= 0.6 is 0 Å². The van der Waals surface area contributed by atoms with Crippen LogP contribution in [0.25, 0.3) is 0 Å². The Labute approximate surface area is 110 Å². The monoisotopic (exact) mass is 285 g/mol. The number of hydrogen-bond donors (Lipinski definition) is 3. The Morgan fingerprint density at radius 1 is 1.47 bits per heavy atom. The van der Waals surface area contributed by atoms with E-state index in [1.165, 1.54) is 6.20 Å². The molecule has 0 aliphatic heterocycles. The van der Waals surface area contributed by atoms with Crippen molar-refractivity contribution in [3.63, 3.8) is 0 Å². The van der Waals surface area contributed by atoms with Crippen molar-refractivity contribution in [3.8, 4) is 0 Å². The van der Waals surface area contributed by atoms with Gasteiger partial charge in [0.15, 0.2) is 5.03 Å². The fourth-order valence-corrected chi connectivity index (χ4v) is 2.80. The minimum Gasteiger partial charge on any atom is -0.392 e. The van der Waals surface area contributed by atoms with E-state index in [1.807, 2.05) is 10.8 Å². The number of nitrogens with zero attached hydrogens (tertiary/aromatic N) is 3. The number of hydrogen-bond acceptors (Lipinski definition) is 5. The average Bonchev–Trinajstić information content (AvgIpc) is 3.05. The molecule has 0 atom stereocenters. The van der Waals surface area contributed by atoms with Gasteiger partial charge in [0.05, 0.1) is 19.1 Å². The highest BCUT2D eigenvalue weighted by Crippen LogP contribution is 2.11. The van der Waals surface area contributed by atoms with E-state index in [9.17, 15) is 8.42 Å². The summed E-state index contributed by atoms with van der Waals surface area (Å²) < 4.78 is 28.2. The van der Waals surface area contributed by atoms with Crippen molar-refractivity contribution in [2.24, 2.45) is 0 Å². The fraction of sp³-hybridized carbons (Fsp3) is 0.400. The molecular formula is C10H15N5O3S. The molecule has 0 unspecified atom stereocenters. The van der Waals surface area contributed by atoms with Crippen LogP contribution in [-0.2, 0) is 23.2 Å². The molecule has 0 spiro atoms.